The van der Waals surface area contributed by atoms with Gasteiger partial charge in [-0.15, -0.1) is 30.6 Å². The van der Waals surface area contributed by atoms with Crippen molar-refractivity contribution in [3.8, 4) is 11.5 Å². The Balaban J connectivity index is 0.00000576. The molecule has 0 heterocycles. The second kappa shape index (κ2) is 12.9. The fraction of sp³-hybridized carbons (Fsp3) is 0.526. The number of hydrogen-bond acceptors (Lipinski definition) is 3. The van der Waals surface area contributed by atoms with Crippen LogP contribution in [0.25, 0.3) is 0 Å². The summed E-state index contributed by atoms with van der Waals surface area (Å²) in [6, 6.07) is 4.12. The van der Waals surface area contributed by atoms with Crippen LogP contribution in [0.2, 0.25) is 0 Å². The second-order valence-corrected chi connectivity index (χ2v) is 5.66. The Bertz CT molecular complexity index is 562. The third kappa shape index (κ3) is 7.13. The number of aliphatic imine (C=N–C) groups is 1. The molecule has 6 heteroatoms. The summed E-state index contributed by atoms with van der Waals surface area (Å²) in [4.78, 5) is 6.50. The normalized spacial score (nSPS) is 10.7. The highest BCUT2D eigenvalue weighted by atomic mass is 127. The van der Waals surface area contributed by atoms with Crippen molar-refractivity contribution in [2.75, 3.05) is 34.9 Å². The van der Waals surface area contributed by atoms with Crippen LogP contribution in [0, 0.1) is 0 Å². The maximum Gasteiger partial charge on any atom is 0.193 e. The Morgan fingerprint density at radius 1 is 1.32 bits per heavy atom. The number of guanidine groups is 1. The lowest BCUT2D eigenvalue weighted by molar-refractivity contribution is 0.351. The third-order valence-corrected chi connectivity index (χ3v) is 3.85. The molecule has 5 nitrogen and oxygen atoms in total. The lowest BCUT2D eigenvalue weighted by Crippen LogP contribution is -2.38. The summed E-state index contributed by atoms with van der Waals surface area (Å²) in [5.41, 5.74) is 2.19. The van der Waals surface area contributed by atoms with Crippen LogP contribution in [-0.2, 0) is 13.0 Å². The molecule has 0 aliphatic heterocycles. The Hall–Kier alpha value is -1.44. The molecule has 0 saturated carbocycles. The van der Waals surface area contributed by atoms with E-state index in [9.17, 15) is 0 Å². The molecule has 0 radical (unpaired) electrons. The van der Waals surface area contributed by atoms with Crippen LogP contribution in [-0.4, -0.2) is 45.7 Å². The average molecular weight is 461 g/mol. The molecular formula is C19H32IN3O2. The van der Waals surface area contributed by atoms with Crippen LogP contribution in [0.15, 0.2) is 29.8 Å². The third-order valence-electron chi connectivity index (χ3n) is 3.85. The van der Waals surface area contributed by atoms with Gasteiger partial charge in [0, 0.05) is 32.7 Å². The minimum absolute atomic E-state index is 0. The monoisotopic (exact) mass is 461 g/mol. The van der Waals surface area contributed by atoms with Gasteiger partial charge in [0.05, 0.1) is 14.2 Å². The number of halogens is 1. The van der Waals surface area contributed by atoms with Crippen LogP contribution < -0.4 is 14.8 Å². The van der Waals surface area contributed by atoms with Crippen molar-refractivity contribution in [3.63, 3.8) is 0 Å². The van der Waals surface area contributed by atoms with Gasteiger partial charge < -0.3 is 19.7 Å². The Morgan fingerprint density at radius 3 is 2.56 bits per heavy atom. The molecule has 1 rings (SSSR count). The first kappa shape index (κ1) is 23.6. The van der Waals surface area contributed by atoms with E-state index in [-0.39, 0.29) is 24.0 Å². The van der Waals surface area contributed by atoms with Gasteiger partial charge in [0.2, 0.25) is 0 Å². The molecule has 0 fully saturated rings. The van der Waals surface area contributed by atoms with E-state index in [1.165, 1.54) is 6.42 Å². The van der Waals surface area contributed by atoms with Crippen LogP contribution in [0.1, 0.15) is 30.9 Å². The van der Waals surface area contributed by atoms with Crippen molar-refractivity contribution >= 4 is 29.9 Å². The molecule has 25 heavy (non-hydrogen) atoms. The maximum atomic E-state index is 5.48. The van der Waals surface area contributed by atoms with E-state index in [0.717, 1.165) is 48.0 Å². The van der Waals surface area contributed by atoms with E-state index in [0.29, 0.717) is 6.54 Å². The van der Waals surface area contributed by atoms with Crippen molar-refractivity contribution in [1.82, 2.24) is 10.2 Å². The number of benzene rings is 1. The average Bonchev–Trinajstić information content (AvgIpc) is 2.60. The molecule has 142 valence electrons. The number of unbranched alkanes of at least 4 members (excludes halogenated alkanes) is 1. The summed E-state index contributed by atoms with van der Waals surface area (Å²) < 4.78 is 10.9. The quantitative estimate of drug-likeness (QED) is 0.263. The van der Waals surface area contributed by atoms with Crippen molar-refractivity contribution in [2.45, 2.75) is 32.7 Å². The number of allylic oxidation sites excluding steroid dienone is 1. The van der Waals surface area contributed by atoms with Crippen LogP contribution in [0.4, 0.5) is 0 Å². The van der Waals surface area contributed by atoms with Crippen LogP contribution >= 0.6 is 24.0 Å². The van der Waals surface area contributed by atoms with Gasteiger partial charge in [-0.2, -0.15) is 0 Å². The fourth-order valence-corrected chi connectivity index (χ4v) is 2.58. The molecule has 0 bridgehead atoms. The molecule has 0 amide bonds. The highest BCUT2D eigenvalue weighted by Gasteiger charge is 2.12. The molecule has 1 N–H and O–H groups in total. The molecule has 1 aromatic carbocycles. The number of hydrogen-bond donors (Lipinski definition) is 1. The smallest absolute Gasteiger partial charge is 0.193 e. The summed E-state index contributed by atoms with van der Waals surface area (Å²) in [6.45, 7) is 7.67. The van der Waals surface area contributed by atoms with E-state index < -0.39 is 0 Å². The Morgan fingerprint density at radius 2 is 2.04 bits per heavy atom. The maximum absolute atomic E-state index is 5.48. The number of ether oxygens (including phenoxy) is 2. The summed E-state index contributed by atoms with van der Waals surface area (Å²) in [5, 5.41) is 3.41. The van der Waals surface area contributed by atoms with Gasteiger partial charge in [-0.05, 0) is 30.5 Å². The van der Waals surface area contributed by atoms with E-state index in [4.69, 9.17) is 9.47 Å². The number of methoxy groups -OCH3 is 2. The van der Waals surface area contributed by atoms with E-state index >= 15 is 0 Å². The largest absolute Gasteiger partial charge is 0.493 e. The van der Waals surface area contributed by atoms with E-state index in [2.05, 4.69) is 41.8 Å². The second-order valence-electron chi connectivity index (χ2n) is 5.66. The van der Waals surface area contributed by atoms with Gasteiger partial charge >= 0.3 is 0 Å². The molecule has 0 aromatic heterocycles. The molecule has 0 aliphatic carbocycles. The zero-order chi connectivity index (χ0) is 17.9. The minimum atomic E-state index is 0. The van der Waals surface area contributed by atoms with E-state index in [1.807, 2.05) is 19.2 Å². The molecule has 0 aliphatic rings. The summed E-state index contributed by atoms with van der Waals surface area (Å²) in [7, 11) is 7.18. The van der Waals surface area contributed by atoms with Gasteiger partial charge in [0.15, 0.2) is 17.5 Å². The molecule has 0 spiro atoms. The molecular weight excluding hydrogens is 429 g/mol. The fourth-order valence-electron chi connectivity index (χ4n) is 2.58. The zero-order valence-corrected chi connectivity index (χ0v) is 18.4. The predicted molar refractivity (Wildman–Crippen MR) is 117 cm³/mol. The van der Waals surface area contributed by atoms with Crippen LogP contribution in [0.5, 0.6) is 11.5 Å². The lowest BCUT2D eigenvalue weighted by atomic mass is 10.1. The summed E-state index contributed by atoms with van der Waals surface area (Å²) in [6.07, 6.45) is 4.92. The van der Waals surface area contributed by atoms with Gasteiger partial charge in [-0.1, -0.05) is 19.4 Å². The van der Waals surface area contributed by atoms with Gasteiger partial charge in [-0.3, -0.25) is 4.99 Å². The van der Waals surface area contributed by atoms with Gasteiger partial charge in [0.25, 0.3) is 0 Å². The topological polar surface area (TPSA) is 46.1 Å². The lowest BCUT2D eigenvalue weighted by Gasteiger charge is -2.22. The van der Waals surface area contributed by atoms with Crippen molar-refractivity contribution in [3.05, 3.63) is 35.9 Å². The van der Waals surface area contributed by atoms with Gasteiger partial charge in [0.1, 0.15) is 0 Å². The SMILES string of the molecule is C=CCc1cc(CNC(=NC)N(C)CCCC)cc(OC)c1OC.I. The Labute approximate surface area is 169 Å². The molecule has 0 unspecified atom stereocenters. The molecule has 0 saturated heterocycles. The van der Waals surface area contributed by atoms with Crippen molar-refractivity contribution in [2.24, 2.45) is 4.99 Å². The highest BCUT2D eigenvalue weighted by molar-refractivity contribution is 14.0. The first-order chi connectivity index (χ1) is 11.6. The first-order valence-electron chi connectivity index (χ1n) is 8.37. The minimum Gasteiger partial charge on any atom is -0.493 e. The predicted octanol–water partition coefficient (Wildman–Crippen LogP) is 3.86. The molecule has 0 atom stereocenters. The van der Waals surface area contributed by atoms with Gasteiger partial charge in [-0.25, -0.2) is 0 Å². The zero-order valence-electron chi connectivity index (χ0n) is 16.1. The van der Waals surface area contributed by atoms with E-state index in [1.54, 1.807) is 14.2 Å². The number of nitrogens with one attached hydrogen (secondary N) is 1. The van der Waals surface area contributed by atoms with Crippen molar-refractivity contribution in [1.29, 1.82) is 0 Å². The Kier molecular flexibility index (Phi) is 12.1. The van der Waals surface area contributed by atoms with Crippen LogP contribution in [0.3, 0.4) is 0 Å². The highest BCUT2D eigenvalue weighted by Crippen LogP contribution is 2.33. The summed E-state index contributed by atoms with van der Waals surface area (Å²) in [5.74, 6) is 2.40. The number of nitrogens with zero attached hydrogens (tertiary/aromatic N) is 2. The summed E-state index contributed by atoms with van der Waals surface area (Å²) >= 11 is 0. The standard InChI is InChI=1S/C19H31N3O2.HI/c1-7-9-11-22(4)19(20-3)21-14-15-12-16(10-8-2)18(24-6)17(13-15)23-5;/h8,12-13H,2,7,9-11,14H2,1,3-6H3,(H,20,21);1H. The molecule has 1 aromatic rings. The van der Waals surface area contributed by atoms with Crippen molar-refractivity contribution < 1.29 is 9.47 Å². The first-order valence-corrected chi connectivity index (χ1v) is 8.37. The number of rotatable bonds is 9.